The molecule has 0 bridgehead atoms. The van der Waals surface area contributed by atoms with E-state index in [4.69, 9.17) is 4.74 Å². The Morgan fingerprint density at radius 2 is 1.89 bits per heavy atom. The molecule has 104 valence electrons. The van der Waals surface area contributed by atoms with Gasteiger partial charge in [0.1, 0.15) is 0 Å². The molecule has 3 heteroatoms. The van der Waals surface area contributed by atoms with E-state index in [9.17, 15) is 4.79 Å². The maximum atomic E-state index is 11.5. The zero-order chi connectivity index (χ0) is 13.9. The quantitative estimate of drug-likeness (QED) is 0.409. The van der Waals surface area contributed by atoms with Crippen LogP contribution >= 0.6 is 0 Å². The second-order valence-corrected chi connectivity index (χ2v) is 4.29. The van der Waals surface area contributed by atoms with E-state index in [2.05, 4.69) is 18.7 Å². The van der Waals surface area contributed by atoms with Gasteiger partial charge >= 0.3 is 5.97 Å². The molecule has 0 unspecified atom stereocenters. The number of ether oxygens (including phenoxy) is 1. The number of hydrogen-bond acceptors (Lipinski definition) is 3. The number of esters is 1. The maximum absolute atomic E-state index is 11.5. The third kappa shape index (κ3) is 6.77. The summed E-state index contributed by atoms with van der Waals surface area (Å²) in [5.74, 6) is -0.275. The molecule has 0 aromatic heterocycles. The predicted molar refractivity (Wildman–Crippen MR) is 78.8 cm³/mol. The van der Waals surface area contributed by atoms with Gasteiger partial charge in [-0.15, -0.1) is 0 Å². The van der Waals surface area contributed by atoms with E-state index in [0.29, 0.717) is 6.61 Å². The van der Waals surface area contributed by atoms with Gasteiger partial charge in [-0.05, 0) is 31.1 Å². The summed E-state index contributed by atoms with van der Waals surface area (Å²) in [6, 6.07) is 9.72. The van der Waals surface area contributed by atoms with Gasteiger partial charge in [0.25, 0.3) is 0 Å². The van der Waals surface area contributed by atoms with Crippen LogP contribution in [0.15, 0.2) is 36.4 Å². The Balaban J connectivity index is 2.20. The normalized spacial score (nSPS) is 11.1. The van der Waals surface area contributed by atoms with Crippen LogP contribution in [0.3, 0.4) is 0 Å². The number of hydrogen-bond donors (Lipinski definition) is 0. The van der Waals surface area contributed by atoms with E-state index in [1.54, 1.807) is 6.08 Å². The van der Waals surface area contributed by atoms with Crippen LogP contribution in [0.1, 0.15) is 25.8 Å². The van der Waals surface area contributed by atoms with E-state index in [1.165, 1.54) is 6.08 Å². The van der Waals surface area contributed by atoms with Gasteiger partial charge in [0, 0.05) is 12.6 Å². The zero-order valence-corrected chi connectivity index (χ0v) is 11.8. The molecule has 1 aromatic rings. The minimum Gasteiger partial charge on any atom is -0.462 e. The lowest BCUT2D eigenvalue weighted by Crippen LogP contribution is -2.25. The fraction of sp³-hybridized carbons (Fsp3) is 0.438. The lowest BCUT2D eigenvalue weighted by Gasteiger charge is -2.17. The smallest absolute Gasteiger partial charge is 0.330 e. The highest BCUT2D eigenvalue weighted by Crippen LogP contribution is 2.01. The molecule has 0 aliphatic rings. The van der Waals surface area contributed by atoms with Gasteiger partial charge in [-0.25, -0.2) is 4.79 Å². The second kappa shape index (κ2) is 9.34. The minimum atomic E-state index is -0.275. The van der Waals surface area contributed by atoms with Gasteiger partial charge in [0.15, 0.2) is 0 Å². The predicted octanol–water partition coefficient (Wildman–Crippen LogP) is 2.97. The van der Waals surface area contributed by atoms with Gasteiger partial charge in [-0.2, -0.15) is 0 Å². The molecule has 0 saturated carbocycles. The molecule has 0 radical (unpaired) electrons. The highest BCUT2D eigenvalue weighted by atomic mass is 16.5. The summed E-state index contributed by atoms with van der Waals surface area (Å²) >= 11 is 0. The van der Waals surface area contributed by atoms with Crippen molar-refractivity contribution in [2.45, 2.75) is 20.3 Å². The Morgan fingerprint density at radius 3 is 2.53 bits per heavy atom. The number of rotatable bonds is 8. The summed E-state index contributed by atoms with van der Waals surface area (Å²) < 4.78 is 5.15. The van der Waals surface area contributed by atoms with Crippen LogP contribution in [-0.2, 0) is 9.53 Å². The standard InChI is InChI=1S/C16H23NO2/c1-3-17(4-2)13-8-14-19-16(18)12-11-15-9-6-5-7-10-15/h5-7,9-12H,3-4,8,13-14H2,1-2H3/b12-11-. The fourth-order valence-electron chi connectivity index (χ4n) is 1.78. The topological polar surface area (TPSA) is 29.5 Å². The molecular formula is C16H23NO2. The van der Waals surface area contributed by atoms with Crippen molar-refractivity contribution in [1.82, 2.24) is 4.90 Å². The molecule has 0 aliphatic heterocycles. The molecule has 0 spiro atoms. The molecule has 3 nitrogen and oxygen atoms in total. The summed E-state index contributed by atoms with van der Waals surface area (Å²) in [4.78, 5) is 13.8. The minimum absolute atomic E-state index is 0.275. The van der Waals surface area contributed by atoms with Crippen molar-refractivity contribution in [2.75, 3.05) is 26.2 Å². The van der Waals surface area contributed by atoms with Gasteiger partial charge in [-0.3, -0.25) is 0 Å². The molecule has 0 heterocycles. The summed E-state index contributed by atoms with van der Waals surface area (Å²) in [5, 5.41) is 0. The van der Waals surface area contributed by atoms with Crippen molar-refractivity contribution in [2.24, 2.45) is 0 Å². The van der Waals surface area contributed by atoms with Crippen molar-refractivity contribution >= 4 is 12.0 Å². The molecule has 1 aromatic carbocycles. The van der Waals surface area contributed by atoms with Gasteiger partial charge in [-0.1, -0.05) is 44.2 Å². The average Bonchev–Trinajstić information content (AvgIpc) is 2.46. The fourth-order valence-corrected chi connectivity index (χ4v) is 1.78. The Bertz CT molecular complexity index is 383. The summed E-state index contributed by atoms with van der Waals surface area (Å²) in [5.41, 5.74) is 1.00. The molecule has 0 atom stereocenters. The van der Waals surface area contributed by atoms with Crippen LogP contribution in [0.4, 0.5) is 0 Å². The zero-order valence-electron chi connectivity index (χ0n) is 11.8. The molecule has 19 heavy (non-hydrogen) atoms. The van der Waals surface area contributed by atoms with E-state index in [0.717, 1.165) is 31.6 Å². The van der Waals surface area contributed by atoms with Crippen molar-refractivity contribution < 1.29 is 9.53 Å². The number of carbonyl (C=O) groups excluding carboxylic acids is 1. The van der Waals surface area contributed by atoms with E-state index in [-0.39, 0.29) is 5.97 Å². The summed E-state index contributed by atoms with van der Waals surface area (Å²) in [6.45, 7) is 7.81. The second-order valence-electron chi connectivity index (χ2n) is 4.29. The average molecular weight is 261 g/mol. The Hall–Kier alpha value is -1.61. The lowest BCUT2D eigenvalue weighted by atomic mass is 10.2. The largest absolute Gasteiger partial charge is 0.462 e. The molecule has 0 saturated heterocycles. The highest BCUT2D eigenvalue weighted by molar-refractivity contribution is 5.86. The van der Waals surface area contributed by atoms with Gasteiger partial charge in [0.05, 0.1) is 6.61 Å². The molecule has 0 fully saturated rings. The van der Waals surface area contributed by atoms with Crippen molar-refractivity contribution in [1.29, 1.82) is 0 Å². The van der Waals surface area contributed by atoms with Crippen LogP contribution in [0, 0.1) is 0 Å². The van der Waals surface area contributed by atoms with Crippen LogP contribution in [0.2, 0.25) is 0 Å². The molecule has 0 N–H and O–H groups in total. The van der Waals surface area contributed by atoms with E-state index >= 15 is 0 Å². The van der Waals surface area contributed by atoms with Gasteiger partial charge in [0.2, 0.25) is 0 Å². The van der Waals surface area contributed by atoms with E-state index in [1.807, 2.05) is 30.3 Å². The Labute approximate surface area is 115 Å². The number of nitrogens with zero attached hydrogens (tertiary/aromatic N) is 1. The first-order valence-corrected chi connectivity index (χ1v) is 6.88. The highest BCUT2D eigenvalue weighted by Gasteiger charge is 2.00. The molecule has 0 amide bonds. The van der Waals surface area contributed by atoms with Crippen molar-refractivity contribution in [3.05, 3.63) is 42.0 Å². The van der Waals surface area contributed by atoms with Crippen molar-refractivity contribution in [3.8, 4) is 0 Å². The van der Waals surface area contributed by atoms with Crippen LogP contribution in [-0.4, -0.2) is 37.1 Å². The van der Waals surface area contributed by atoms with Gasteiger partial charge < -0.3 is 9.64 Å². The maximum Gasteiger partial charge on any atom is 0.330 e. The number of carbonyl (C=O) groups is 1. The summed E-state index contributed by atoms with van der Waals surface area (Å²) in [6.07, 6.45) is 4.13. The van der Waals surface area contributed by atoms with Crippen LogP contribution < -0.4 is 0 Å². The molecule has 1 rings (SSSR count). The molecule has 0 aliphatic carbocycles. The molecular weight excluding hydrogens is 238 g/mol. The lowest BCUT2D eigenvalue weighted by molar-refractivity contribution is -0.137. The first-order valence-electron chi connectivity index (χ1n) is 6.88. The monoisotopic (exact) mass is 261 g/mol. The van der Waals surface area contributed by atoms with E-state index < -0.39 is 0 Å². The summed E-state index contributed by atoms with van der Waals surface area (Å²) in [7, 11) is 0. The van der Waals surface area contributed by atoms with Crippen LogP contribution in [0.5, 0.6) is 0 Å². The SMILES string of the molecule is CCN(CC)CCCOC(=O)/C=C\c1ccccc1. The third-order valence-corrected chi connectivity index (χ3v) is 2.97. The number of benzene rings is 1. The Kier molecular flexibility index (Phi) is 7.59. The van der Waals surface area contributed by atoms with Crippen LogP contribution in [0.25, 0.3) is 6.08 Å². The first-order chi connectivity index (χ1) is 9.26. The first kappa shape index (κ1) is 15.4. The third-order valence-electron chi connectivity index (χ3n) is 2.97. The van der Waals surface area contributed by atoms with Crippen molar-refractivity contribution in [3.63, 3.8) is 0 Å². The Morgan fingerprint density at radius 1 is 1.21 bits per heavy atom.